The average molecular weight is 599 g/mol. The minimum absolute atomic E-state index is 0. The standard InChI is InChI=1S/C13H17NO2.C8H17NO2.C6H5I.CH4/c1-2-4-12(5-3-1)14-8-6-13(7-9-14)15-10-11-16-13;1-3-8(4-5-9-2)10-6-7-11-8;7-6-4-2-1-3-5-6;/h1-5H,6-11H2;9H,3-7H2,1-2H3;1-5H;1H4. The van der Waals surface area contributed by atoms with E-state index in [-0.39, 0.29) is 19.0 Å². The molecule has 1 spiro atoms. The highest BCUT2D eigenvalue weighted by molar-refractivity contribution is 14.1. The van der Waals surface area contributed by atoms with Crippen molar-refractivity contribution in [3.05, 3.63) is 64.2 Å². The Bertz CT molecular complexity index is 787. The van der Waals surface area contributed by atoms with Crippen LogP contribution in [0.2, 0.25) is 0 Å². The molecule has 0 bridgehead atoms. The normalized spacial score (nSPS) is 19.7. The third kappa shape index (κ3) is 9.63. The van der Waals surface area contributed by atoms with Gasteiger partial charge in [-0.15, -0.1) is 0 Å². The summed E-state index contributed by atoms with van der Waals surface area (Å²) in [6, 6.07) is 20.8. The van der Waals surface area contributed by atoms with Gasteiger partial charge in [-0.3, -0.25) is 0 Å². The van der Waals surface area contributed by atoms with Crippen molar-refractivity contribution >= 4 is 28.3 Å². The number of rotatable bonds is 5. The second-order valence-corrected chi connectivity index (χ2v) is 9.79. The summed E-state index contributed by atoms with van der Waals surface area (Å²) in [5, 5.41) is 3.09. The molecule has 3 heterocycles. The van der Waals surface area contributed by atoms with Gasteiger partial charge in [0, 0.05) is 41.6 Å². The van der Waals surface area contributed by atoms with Crippen LogP contribution in [-0.2, 0) is 18.9 Å². The highest BCUT2D eigenvalue weighted by atomic mass is 127. The van der Waals surface area contributed by atoms with E-state index in [2.05, 4.69) is 82.2 Å². The van der Waals surface area contributed by atoms with Crippen molar-refractivity contribution in [1.82, 2.24) is 5.32 Å². The molecule has 0 aliphatic carbocycles. The monoisotopic (exact) mass is 598 g/mol. The SMILES string of the molecule is C.CCC1(CCNC)OCCO1.Ic1ccccc1.c1ccc(N2CCC3(CC2)OCCO3)cc1. The fourth-order valence-electron chi connectivity index (χ4n) is 4.28. The summed E-state index contributed by atoms with van der Waals surface area (Å²) < 4.78 is 23.8. The summed E-state index contributed by atoms with van der Waals surface area (Å²) >= 11 is 2.28. The lowest BCUT2D eigenvalue weighted by Crippen LogP contribution is -2.45. The molecule has 3 saturated heterocycles. The van der Waals surface area contributed by atoms with Gasteiger partial charge in [0.1, 0.15) is 0 Å². The van der Waals surface area contributed by atoms with Crippen molar-refractivity contribution in [3.8, 4) is 0 Å². The summed E-state index contributed by atoms with van der Waals surface area (Å²) in [6.07, 6.45) is 3.83. The van der Waals surface area contributed by atoms with Gasteiger partial charge in [-0.25, -0.2) is 0 Å². The Kier molecular flexibility index (Phi) is 13.5. The van der Waals surface area contributed by atoms with Crippen LogP contribution in [0, 0.1) is 3.57 Å². The van der Waals surface area contributed by atoms with Crippen molar-refractivity contribution in [3.63, 3.8) is 0 Å². The number of nitrogens with zero attached hydrogens (tertiary/aromatic N) is 1. The van der Waals surface area contributed by atoms with E-state index in [0.717, 1.165) is 71.7 Å². The Morgan fingerprint density at radius 2 is 1.34 bits per heavy atom. The summed E-state index contributed by atoms with van der Waals surface area (Å²) in [5.41, 5.74) is 1.30. The number of hydrogen-bond acceptors (Lipinski definition) is 6. The molecule has 35 heavy (non-hydrogen) atoms. The Morgan fingerprint density at radius 1 is 0.829 bits per heavy atom. The molecular weight excluding hydrogens is 555 g/mol. The number of hydrogen-bond donors (Lipinski definition) is 1. The first-order valence-electron chi connectivity index (χ1n) is 12.3. The van der Waals surface area contributed by atoms with Crippen molar-refractivity contribution < 1.29 is 18.9 Å². The van der Waals surface area contributed by atoms with E-state index in [0.29, 0.717) is 0 Å². The van der Waals surface area contributed by atoms with Gasteiger partial charge < -0.3 is 29.2 Å². The smallest absolute Gasteiger partial charge is 0.171 e. The molecule has 0 aromatic heterocycles. The second kappa shape index (κ2) is 15.8. The molecule has 2 aromatic carbocycles. The fraction of sp³-hybridized carbons (Fsp3) is 0.571. The molecule has 1 N–H and O–H groups in total. The van der Waals surface area contributed by atoms with E-state index in [1.165, 1.54) is 9.26 Å². The van der Waals surface area contributed by atoms with Crippen LogP contribution < -0.4 is 10.2 Å². The Hall–Kier alpha value is -1.23. The van der Waals surface area contributed by atoms with Crippen molar-refractivity contribution in [2.45, 2.75) is 51.6 Å². The highest BCUT2D eigenvalue weighted by Gasteiger charge is 2.39. The number of para-hydroxylation sites is 1. The molecule has 7 heteroatoms. The van der Waals surface area contributed by atoms with Gasteiger partial charge in [-0.05, 0) is 66.9 Å². The van der Waals surface area contributed by atoms with Gasteiger partial charge in [0.05, 0.1) is 26.4 Å². The molecule has 0 saturated carbocycles. The molecule has 0 unspecified atom stereocenters. The second-order valence-electron chi connectivity index (χ2n) is 8.54. The first-order valence-corrected chi connectivity index (χ1v) is 13.4. The van der Waals surface area contributed by atoms with E-state index in [1.807, 2.05) is 25.2 Å². The van der Waals surface area contributed by atoms with Crippen LogP contribution in [0.5, 0.6) is 0 Å². The van der Waals surface area contributed by atoms with Crippen LogP contribution in [-0.4, -0.2) is 64.7 Å². The van der Waals surface area contributed by atoms with E-state index in [1.54, 1.807) is 0 Å². The van der Waals surface area contributed by atoms with Gasteiger partial charge in [-0.1, -0.05) is 50.7 Å². The molecule has 0 atom stereocenters. The molecule has 0 amide bonds. The first-order chi connectivity index (χ1) is 16.6. The van der Waals surface area contributed by atoms with Crippen LogP contribution in [0.1, 0.15) is 40.0 Å². The number of piperidine rings is 1. The maximum atomic E-state index is 5.72. The highest BCUT2D eigenvalue weighted by Crippen LogP contribution is 2.33. The Morgan fingerprint density at radius 3 is 1.80 bits per heavy atom. The zero-order valence-corrected chi connectivity index (χ0v) is 22.7. The first kappa shape index (κ1) is 30.0. The van der Waals surface area contributed by atoms with Gasteiger partial charge >= 0.3 is 0 Å². The van der Waals surface area contributed by atoms with Crippen LogP contribution in [0.15, 0.2) is 60.7 Å². The van der Waals surface area contributed by atoms with Crippen molar-refractivity contribution in [2.75, 3.05) is 58.0 Å². The summed E-state index contributed by atoms with van der Waals surface area (Å²) in [6.45, 7) is 8.09. The molecule has 3 fully saturated rings. The summed E-state index contributed by atoms with van der Waals surface area (Å²) in [7, 11) is 1.94. The van der Waals surface area contributed by atoms with E-state index in [9.17, 15) is 0 Å². The lowest BCUT2D eigenvalue weighted by molar-refractivity contribution is -0.169. The van der Waals surface area contributed by atoms with Crippen LogP contribution in [0.3, 0.4) is 0 Å². The van der Waals surface area contributed by atoms with Gasteiger partial charge in [0.15, 0.2) is 11.6 Å². The quantitative estimate of drug-likeness (QED) is 0.446. The molecule has 5 rings (SSSR count). The van der Waals surface area contributed by atoms with Gasteiger partial charge in [0.2, 0.25) is 0 Å². The Balaban J connectivity index is 0.000000199. The largest absolute Gasteiger partial charge is 0.371 e. The number of nitrogens with one attached hydrogen (secondary N) is 1. The zero-order valence-electron chi connectivity index (χ0n) is 20.5. The molecule has 0 radical (unpaired) electrons. The zero-order chi connectivity index (χ0) is 24.1. The van der Waals surface area contributed by atoms with E-state index < -0.39 is 0 Å². The van der Waals surface area contributed by atoms with Crippen LogP contribution in [0.25, 0.3) is 0 Å². The van der Waals surface area contributed by atoms with E-state index >= 15 is 0 Å². The molecule has 3 aliphatic rings. The topological polar surface area (TPSA) is 52.2 Å². The van der Waals surface area contributed by atoms with E-state index in [4.69, 9.17) is 18.9 Å². The minimum Gasteiger partial charge on any atom is -0.371 e. The summed E-state index contributed by atoms with van der Waals surface area (Å²) in [4.78, 5) is 2.40. The third-order valence-electron chi connectivity index (χ3n) is 6.30. The predicted octanol–water partition coefficient (Wildman–Crippen LogP) is 5.71. The molecule has 3 aliphatic heterocycles. The maximum Gasteiger partial charge on any atom is 0.171 e. The number of halogens is 1. The lowest BCUT2D eigenvalue weighted by atomic mass is 10.0. The van der Waals surface area contributed by atoms with Crippen LogP contribution >= 0.6 is 22.6 Å². The fourth-order valence-corrected chi connectivity index (χ4v) is 4.70. The van der Waals surface area contributed by atoms with Crippen molar-refractivity contribution in [1.29, 1.82) is 0 Å². The summed E-state index contributed by atoms with van der Waals surface area (Å²) in [5.74, 6) is -0.533. The molecular formula is C28H43IN2O4. The number of benzene rings is 2. The number of anilines is 1. The molecule has 196 valence electrons. The molecule has 6 nitrogen and oxygen atoms in total. The lowest BCUT2D eigenvalue weighted by Gasteiger charge is -2.38. The van der Waals surface area contributed by atoms with Gasteiger partial charge in [0.25, 0.3) is 0 Å². The van der Waals surface area contributed by atoms with Crippen LogP contribution in [0.4, 0.5) is 5.69 Å². The van der Waals surface area contributed by atoms with Crippen molar-refractivity contribution in [2.24, 2.45) is 0 Å². The number of ether oxygens (including phenoxy) is 4. The van der Waals surface area contributed by atoms with Gasteiger partial charge in [-0.2, -0.15) is 0 Å². The third-order valence-corrected chi connectivity index (χ3v) is 7.02. The Labute approximate surface area is 225 Å². The average Bonchev–Trinajstić information content (AvgIpc) is 3.56. The maximum absolute atomic E-state index is 5.72. The predicted molar refractivity (Wildman–Crippen MR) is 152 cm³/mol. The minimum atomic E-state index is -0.275. The molecule has 2 aromatic rings.